The molecule has 0 bridgehead atoms. The number of hydrogen-bond acceptors (Lipinski definition) is 4. The van der Waals surface area contributed by atoms with Crippen LogP contribution in [-0.2, 0) is 11.0 Å². The average molecular weight is 325 g/mol. The molecule has 1 aromatic carbocycles. The Morgan fingerprint density at radius 1 is 1.27 bits per heavy atom. The number of benzene rings is 1. The number of hydrogen-bond donors (Lipinski definition) is 5. The highest BCUT2D eigenvalue weighted by atomic mass is 31.2. The van der Waals surface area contributed by atoms with Gasteiger partial charge in [0.2, 0.25) is 0 Å². The molecule has 0 aromatic heterocycles. The third kappa shape index (κ3) is 4.54. The van der Waals surface area contributed by atoms with E-state index in [0.29, 0.717) is 5.56 Å². The Bertz CT molecular complexity index is 690. The summed E-state index contributed by atoms with van der Waals surface area (Å²) in [4.78, 5) is 17.9. The highest BCUT2D eigenvalue weighted by Crippen LogP contribution is 2.38. The summed E-state index contributed by atoms with van der Waals surface area (Å²) in [6, 6.07) is 6.33. The Labute approximate surface area is 126 Å². The molecule has 2 unspecified atom stereocenters. The van der Waals surface area contributed by atoms with Crippen LogP contribution in [0.5, 0.6) is 5.75 Å². The van der Waals surface area contributed by atoms with E-state index in [1.807, 2.05) is 0 Å². The Kier molecular flexibility index (Phi) is 4.83. The number of phenolic OH excluding ortho intramolecular Hbond substituents is 1. The van der Waals surface area contributed by atoms with Crippen molar-refractivity contribution in [2.24, 2.45) is 10.7 Å². The SMILES string of the molecule is O=P(O)(O)/N=C1\C=C(O)C=CC1C(O)Cc1cccc(O)c1. The maximum atomic E-state index is 11.0. The molecule has 2 atom stereocenters. The van der Waals surface area contributed by atoms with Gasteiger partial charge >= 0.3 is 7.75 Å². The van der Waals surface area contributed by atoms with E-state index >= 15 is 0 Å². The molecule has 0 aliphatic heterocycles. The Morgan fingerprint density at radius 2 is 2.00 bits per heavy atom. The third-order valence-corrected chi connectivity index (χ3v) is 3.62. The molecule has 8 heteroatoms. The van der Waals surface area contributed by atoms with Gasteiger partial charge in [0.15, 0.2) is 0 Å². The minimum atomic E-state index is -4.68. The van der Waals surface area contributed by atoms with Gasteiger partial charge in [0.1, 0.15) is 11.5 Å². The molecule has 22 heavy (non-hydrogen) atoms. The van der Waals surface area contributed by atoms with Crippen LogP contribution in [0.4, 0.5) is 0 Å². The summed E-state index contributed by atoms with van der Waals surface area (Å²) < 4.78 is 14.3. The number of aromatic hydroxyl groups is 1. The minimum Gasteiger partial charge on any atom is -0.508 e. The first-order valence-corrected chi connectivity index (χ1v) is 8.01. The fourth-order valence-corrected chi connectivity index (χ4v) is 2.71. The topological polar surface area (TPSA) is 131 Å². The second-order valence-electron chi connectivity index (χ2n) is 4.93. The zero-order valence-electron chi connectivity index (χ0n) is 11.4. The van der Waals surface area contributed by atoms with Crippen LogP contribution in [0.15, 0.2) is 53.0 Å². The van der Waals surface area contributed by atoms with Crippen molar-refractivity contribution in [3.63, 3.8) is 0 Å². The van der Waals surface area contributed by atoms with Crippen molar-refractivity contribution >= 4 is 13.5 Å². The summed E-state index contributed by atoms with van der Waals surface area (Å²) in [7, 11) is -4.68. The monoisotopic (exact) mass is 325 g/mol. The van der Waals surface area contributed by atoms with Gasteiger partial charge in [-0.2, -0.15) is 4.76 Å². The van der Waals surface area contributed by atoms with Gasteiger partial charge in [-0.05, 0) is 30.2 Å². The molecule has 1 aromatic rings. The number of aliphatic hydroxyl groups is 2. The zero-order valence-corrected chi connectivity index (χ0v) is 12.3. The lowest BCUT2D eigenvalue weighted by Gasteiger charge is -2.23. The van der Waals surface area contributed by atoms with Gasteiger partial charge in [-0.25, -0.2) is 4.57 Å². The van der Waals surface area contributed by atoms with Crippen LogP contribution in [0.3, 0.4) is 0 Å². The molecule has 0 amide bonds. The Morgan fingerprint density at radius 3 is 2.64 bits per heavy atom. The highest BCUT2D eigenvalue weighted by molar-refractivity contribution is 7.50. The summed E-state index contributed by atoms with van der Waals surface area (Å²) in [5.74, 6) is -0.913. The van der Waals surface area contributed by atoms with Crippen molar-refractivity contribution in [2.45, 2.75) is 12.5 Å². The zero-order chi connectivity index (χ0) is 16.3. The molecular formula is C14H16NO6P. The van der Waals surface area contributed by atoms with Crippen molar-refractivity contribution in [3.05, 3.63) is 53.8 Å². The predicted molar refractivity (Wildman–Crippen MR) is 80.6 cm³/mol. The van der Waals surface area contributed by atoms with Crippen LogP contribution < -0.4 is 0 Å². The average Bonchev–Trinajstić information content (AvgIpc) is 2.36. The van der Waals surface area contributed by atoms with Crippen molar-refractivity contribution in [2.75, 3.05) is 0 Å². The fourth-order valence-electron chi connectivity index (χ4n) is 2.22. The van der Waals surface area contributed by atoms with Crippen LogP contribution in [-0.4, -0.2) is 36.9 Å². The van der Waals surface area contributed by atoms with E-state index in [1.165, 1.54) is 24.3 Å². The molecule has 7 nitrogen and oxygen atoms in total. The Hall–Kier alpha value is -1.92. The molecule has 1 aliphatic rings. The molecule has 1 aliphatic carbocycles. The van der Waals surface area contributed by atoms with Gasteiger partial charge in [0.05, 0.1) is 11.8 Å². The normalized spacial score (nSPS) is 21.7. The van der Waals surface area contributed by atoms with Gasteiger partial charge in [-0.3, -0.25) is 0 Å². The molecular weight excluding hydrogens is 309 g/mol. The maximum Gasteiger partial charge on any atom is 0.448 e. The third-order valence-electron chi connectivity index (χ3n) is 3.13. The predicted octanol–water partition coefficient (Wildman–Crippen LogP) is 1.46. The molecule has 0 fully saturated rings. The van der Waals surface area contributed by atoms with Crippen molar-refractivity contribution < 1.29 is 29.7 Å². The first-order valence-electron chi connectivity index (χ1n) is 6.45. The van der Waals surface area contributed by atoms with Crippen LogP contribution in [0, 0.1) is 5.92 Å². The maximum absolute atomic E-state index is 11.0. The van der Waals surface area contributed by atoms with E-state index < -0.39 is 19.8 Å². The molecule has 2 rings (SSSR count). The van der Waals surface area contributed by atoms with E-state index in [1.54, 1.807) is 12.1 Å². The molecule has 0 heterocycles. The van der Waals surface area contributed by atoms with E-state index in [0.717, 1.165) is 6.08 Å². The Balaban J connectivity index is 2.23. The molecule has 0 saturated heterocycles. The summed E-state index contributed by atoms with van der Waals surface area (Å²) in [6.45, 7) is 0. The standard InChI is InChI=1S/C14H16NO6P/c16-10-3-1-2-9(6-10)7-14(18)12-5-4-11(17)8-13(12)15-22(19,20)21/h1-6,8,12,14,16-18H,7H2,(H2,19,20,21)/b15-13+. The summed E-state index contributed by atoms with van der Waals surface area (Å²) in [5, 5.41) is 29.1. The lowest BCUT2D eigenvalue weighted by molar-refractivity contribution is 0.155. The summed E-state index contributed by atoms with van der Waals surface area (Å²) in [6.07, 6.45) is 2.99. The van der Waals surface area contributed by atoms with Crippen LogP contribution in [0.2, 0.25) is 0 Å². The van der Waals surface area contributed by atoms with Gasteiger partial charge in [0, 0.05) is 12.0 Å². The lowest BCUT2D eigenvalue weighted by atomic mass is 9.89. The highest BCUT2D eigenvalue weighted by Gasteiger charge is 2.27. The number of phenols is 1. The van der Waals surface area contributed by atoms with Gasteiger partial charge in [-0.1, -0.05) is 18.2 Å². The smallest absolute Gasteiger partial charge is 0.448 e. The number of aliphatic hydroxyl groups excluding tert-OH is 2. The largest absolute Gasteiger partial charge is 0.508 e. The van der Waals surface area contributed by atoms with Gasteiger partial charge in [-0.15, -0.1) is 0 Å². The fraction of sp³-hybridized carbons (Fsp3) is 0.214. The lowest BCUT2D eigenvalue weighted by Crippen LogP contribution is -2.29. The molecule has 118 valence electrons. The number of rotatable bonds is 4. The number of allylic oxidation sites excluding steroid dienone is 2. The first kappa shape index (κ1) is 16.5. The summed E-state index contributed by atoms with van der Waals surface area (Å²) in [5.41, 5.74) is 0.566. The minimum absolute atomic E-state index is 0.0607. The van der Waals surface area contributed by atoms with E-state index in [4.69, 9.17) is 9.79 Å². The van der Waals surface area contributed by atoms with E-state index in [-0.39, 0.29) is 23.6 Å². The van der Waals surface area contributed by atoms with E-state index in [2.05, 4.69) is 4.76 Å². The molecule has 0 spiro atoms. The van der Waals surface area contributed by atoms with Crippen LogP contribution in [0.25, 0.3) is 0 Å². The second-order valence-corrected chi connectivity index (χ2v) is 6.16. The quantitative estimate of drug-likeness (QED) is 0.533. The molecule has 0 saturated carbocycles. The van der Waals surface area contributed by atoms with Crippen LogP contribution >= 0.6 is 7.75 Å². The van der Waals surface area contributed by atoms with Gasteiger partial charge in [0.25, 0.3) is 0 Å². The van der Waals surface area contributed by atoms with E-state index in [9.17, 15) is 19.9 Å². The van der Waals surface area contributed by atoms with Crippen molar-refractivity contribution in [3.8, 4) is 5.75 Å². The van der Waals surface area contributed by atoms with Crippen LogP contribution in [0.1, 0.15) is 5.56 Å². The van der Waals surface area contributed by atoms with Crippen molar-refractivity contribution in [1.29, 1.82) is 0 Å². The van der Waals surface area contributed by atoms with Crippen molar-refractivity contribution in [1.82, 2.24) is 0 Å². The second kappa shape index (κ2) is 6.46. The van der Waals surface area contributed by atoms with Gasteiger partial charge < -0.3 is 25.1 Å². The first-order chi connectivity index (χ1) is 10.2. The number of nitrogens with zero attached hydrogens (tertiary/aromatic N) is 1. The summed E-state index contributed by atoms with van der Waals surface area (Å²) >= 11 is 0. The molecule has 5 N–H and O–H groups in total. The molecule has 0 radical (unpaired) electrons.